The number of rotatable bonds is 2. The Bertz CT molecular complexity index is 928. The first kappa shape index (κ1) is 15.7. The lowest BCUT2D eigenvalue weighted by molar-refractivity contribution is -0.0244. The minimum absolute atomic E-state index is 0.157. The first-order chi connectivity index (χ1) is 12.2. The first-order valence-electron chi connectivity index (χ1n) is 8.23. The van der Waals surface area contributed by atoms with Crippen LogP contribution in [0.5, 0.6) is 0 Å². The molecule has 1 aliphatic heterocycles. The number of carbonyl (C=O) groups excluding carboxylic acids is 1. The summed E-state index contributed by atoms with van der Waals surface area (Å²) in [7, 11) is 0. The maximum Gasteiger partial charge on any atom is 0.272 e. The molecule has 0 aliphatic carbocycles. The zero-order valence-electron chi connectivity index (χ0n) is 13.6. The van der Waals surface area contributed by atoms with Gasteiger partial charge in [0, 0.05) is 17.5 Å². The second kappa shape index (κ2) is 6.61. The van der Waals surface area contributed by atoms with E-state index in [1.54, 1.807) is 29.2 Å². The number of hydrogen-bond donors (Lipinski definition) is 0. The summed E-state index contributed by atoms with van der Waals surface area (Å²) < 4.78 is 19.7. The summed E-state index contributed by atoms with van der Waals surface area (Å²) >= 11 is 0. The van der Waals surface area contributed by atoms with E-state index in [0.717, 1.165) is 10.9 Å². The molecule has 0 radical (unpaired) electrons. The maximum absolute atomic E-state index is 14.0. The Morgan fingerprint density at radius 2 is 1.88 bits per heavy atom. The van der Waals surface area contributed by atoms with Crippen molar-refractivity contribution in [2.45, 2.75) is 6.10 Å². The third-order valence-corrected chi connectivity index (χ3v) is 4.42. The molecule has 5 heteroatoms. The predicted molar refractivity (Wildman–Crippen MR) is 92.7 cm³/mol. The Kier molecular flexibility index (Phi) is 4.15. The molecule has 0 saturated carbocycles. The fraction of sp³-hybridized carbons (Fsp3) is 0.200. The van der Waals surface area contributed by atoms with Gasteiger partial charge in [0.25, 0.3) is 5.91 Å². The van der Waals surface area contributed by atoms with Crippen LogP contribution in [-0.4, -0.2) is 35.5 Å². The zero-order valence-corrected chi connectivity index (χ0v) is 13.6. The quantitative estimate of drug-likeness (QED) is 0.718. The number of hydrogen-bond acceptors (Lipinski definition) is 3. The van der Waals surface area contributed by atoms with Crippen molar-refractivity contribution in [3.63, 3.8) is 0 Å². The molecule has 1 saturated heterocycles. The van der Waals surface area contributed by atoms with Crippen LogP contribution in [-0.2, 0) is 4.74 Å². The number of halogens is 1. The van der Waals surface area contributed by atoms with Crippen LogP contribution in [0.3, 0.4) is 0 Å². The van der Waals surface area contributed by atoms with E-state index in [1.807, 2.05) is 30.3 Å². The smallest absolute Gasteiger partial charge is 0.272 e. The van der Waals surface area contributed by atoms with E-state index in [9.17, 15) is 9.18 Å². The van der Waals surface area contributed by atoms with E-state index < -0.39 is 6.10 Å². The molecule has 1 unspecified atom stereocenters. The molecule has 1 amide bonds. The molecule has 4 rings (SSSR count). The van der Waals surface area contributed by atoms with Crippen LogP contribution in [0.2, 0.25) is 0 Å². The molecule has 1 aliphatic rings. The van der Waals surface area contributed by atoms with Crippen molar-refractivity contribution in [2.75, 3.05) is 19.7 Å². The Morgan fingerprint density at radius 1 is 1.08 bits per heavy atom. The molecule has 1 aromatic heterocycles. The van der Waals surface area contributed by atoms with Gasteiger partial charge in [-0.25, -0.2) is 9.37 Å². The highest BCUT2D eigenvalue weighted by atomic mass is 19.1. The maximum atomic E-state index is 14.0. The molecule has 1 atom stereocenters. The Morgan fingerprint density at radius 3 is 2.76 bits per heavy atom. The van der Waals surface area contributed by atoms with Crippen LogP contribution < -0.4 is 0 Å². The van der Waals surface area contributed by atoms with Gasteiger partial charge < -0.3 is 9.64 Å². The molecule has 0 spiro atoms. The minimum Gasteiger partial charge on any atom is -0.370 e. The van der Waals surface area contributed by atoms with Gasteiger partial charge in [0.2, 0.25) is 0 Å². The summed E-state index contributed by atoms with van der Waals surface area (Å²) in [6.07, 6.45) is -0.459. The monoisotopic (exact) mass is 336 g/mol. The Labute approximate surface area is 144 Å². The average molecular weight is 336 g/mol. The van der Waals surface area contributed by atoms with E-state index in [0.29, 0.717) is 31.0 Å². The molecular weight excluding hydrogens is 319 g/mol. The van der Waals surface area contributed by atoms with Crippen LogP contribution in [0.1, 0.15) is 22.2 Å². The second-order valence-electron chi connectivity index (χ2n) is 6.02. The first-order valence-corrected chi connectivity index (χ1v) is 8.23. The van der Waals surface area contributed by atoms with Gasteiger partial charge in [0.1, 0.15) is 17.6 Å². The largest absolute Gasteiger partial charge is 0.370 e. The predicted octanol–water partition coefficient (Wildman–Crippen LogP) is 3.59. The van der Waals surface area contributed by atoms with Crippen molar-refractivity contribution in [1.82, 2.24) is 9.88 Å². The highest BCUT2D eigenvalue weighted by Crippen LogP contribution is 2.25. The zero-order chi connectivity index (χ0) is 17.2. The third-order valence-electron chi connectivity index (χ3n) is 4.42. The molecule has 0 N–H and O–H groups in total. The molecule has 0 bridgehead atoms. The van der Waals surface area contributed by atoms with Gasteiger partial charge in [0.05, 0.1) is 18.7 Å². The molecular formula is C20H17FN2O2. The standard InChI is InChI=1S/C20H17FN2O2/c21-16-7-3-2-6-15(16)19-13-23(11-12-25-19)20(24)18-10-9-14-5-1-4-8-17(14)22-18/h1-10,19H,11-13H2. The van der Waals surface area contributed by atoms with Gasteiger partial charge in [-0.1, -0.05) is 42.5 Å². The number of amides is 1. The Balaban J connectivity index is 1.58. The van der Waals surface area contributed by atoms with E-state index in [4.69, 9.17) is 4.74 Å². The lowest BCUT2D eigenvalue weighted by Gasteiger charge is -2.33. The van der Waals surface area contributed by atoms with Crippen molar-refractivity contribution in [2.24, 2.45) is 0 Å². The van der Waals surface area contributed by atoms with Crippen LogP contribution in [0.4, 0.5) is 4.39 Å². The third kappa shape index (κ3) is 3.10. The molecule has 25 heavy (non-hydrogen) atoms. The topological polar surface area (TPSA) is 42.4 Å². The Hall–Kier alpha value is -2.79. The molecule has 126 valence electrons. The summed E-state index contributed by atoms with van der Waals surface area (Å²) in [4.78, 5) is 19.0. The SMILES string of the molecule is O=C(c1ccc2ccccc2n1)N1CCOC(c2ccccc2F)C1. The molecule has 2 heterocycles. The highest BCUT2D eigenvalue weighted by molar-refractivity contribution is 5.95. The van der Waals surface area contributed by atoms with Crippen molar-refractivity contribution >= 4 is 16.8 Å². The summed E-state index contributed by atoms with van der Waals surface area (Å²) in [6.45, 7) is 1.16. The number of nitrogens with zero attached hydrogens (tertiary/aromatic N) is 2. The number of para-hydroxylation sites is 1. The minimum atomic E-state index is -0.459. The number of ether oxygens (including phenoxy) is 1. The van der Waals surface area contributed by atoms with E-state index >= 15 is 0 Å². The normalized spacial score (nSPS) is 17.6. The molecule has 4 nitrogen and oxygen atoms in total. The molecule has 3 aromatic rings. The van der Waals surface area contributed by atoms with Gasteiger partial charge in [-0.3, -0.25) is 4.79 Å². The number of carbonyl (C=O) groups is 1. The summed E-state index contributed by atoms with van der Waals surface area (Å²) in [5.74, 6) is -0.471. The van der Waals surface area contributed by atoms with Crippen LogP contribution in [0, 0.1) is 5.82 Å². The van der Waals surface area contributed by atoms with Crippen molar-refractivity contribution in [1.29, 1.82) is 0 Å². The molecule has 1 fully saturated rings. The fourth-order valence-corrected chi connectivity index (χ4v) is 3.11. The number of morpholine rings is 1. The highest BCUT2D eigenvalue weighted by Gasteiger charge is 2.28. The van der Waals surface area contributed by atoms with Crippen molar-refractivity contribution in [3.8, 4) is 0 Å². The van der Waals surface area contributed by atoms with E-state index in [1.165, 1.54) is 6.07 Å². The lowest BCUT2D eigenvalue weighted by Crippen LogP contribution is -2.42. The van der Waals surface area contributed by atoms with E-state index in [-0.39, 0.29) is 11.7 Å². The number of aromatic nitrogens is 1. The lowest BCUT2D eigenvalue weighted by atomic mass is 10.1. The van der Waals surface area contributed by atoms with Gasteiger partial charge in [0.15, 0.2) is 0 Å². The van der Waals surface area contributed by atoms with Gasteiger partial charge in [-0.05, 0) is 18.2 Å². The van der Waals surface area contributed by atoms with Crippen molar-refractivity contribution < 1.29 is 13.9 Å². The summed E-state index contributed by atoms with van der Waals surface area (Å²) in [5.41, 5.74) is 1.66. The van der Waals surface area contributed by atoms with E-state index in [2.05, 4.69) is 4.98 Å². The van der Waals surface area contributed by atoms with Crippen LogP contribution in [0.25, 0.3) is 10.9 Å². The second-order valence-corrected chi connectivity index (χ2v) is 6.02. The van der Waals surface area contributed by atoms with Gasteiger partial charge in [-0.2, -0.15) is 0 Å². The van der Waals surface area contributed by atoms with Gasteiger partial charge >= 0.3 is 0 Å². The van der Waals surface area contributed by atoms with Crippen LogP contribution in [0.15, 0.2) is 60.7 Å². The van der Waals surface area contributed by atoms with Gasteiger partial charge in [-0.15, -0.1) is 0 Å². The van der Waals surface area contributed by atoms with Crippen molar-refractivity contribution in [3.05, 3.63) is 77.7 Å². The average Bonchev–Trinajstić information content (AvgIpc) is 2.67. The van der Waals surface area contributed by atoms with Crippen LogP contribution >= 0.6 is 0 Å². The fourth-order valence-electron chi connectivity index (χ4n) is 3.11. The summed E-state index contributed by atoms with van der Waals surface area (Å²) in [6, 6.07) is 17.8. The number of fused-ring (bicyclic) bond motifs is 1. The summed E-state index contributed by atoms with van der Waals surface area (Å²) in [5, 5.41) is 0.991. The number of pyridine rings is 1. The number of benzene rings is 2. The molecule has 2 aromatic carbocycles.